The van der Waals surface area contributed by atoms with Crippen LogP contribution in [-0.4, -0.2) is 44.2 Å². The van der Waals surface area contributed by atoms with E-state index in [9.17, 15) is 13.2 Å². The highest BCUT2D eigenvalue weighted by Crippen LogP contribution is 2.16. The summed E-state index contributed by atoms with van der Waals surface area (Å²) in [6.45, 7) is 1.39. The maximum Gasteiger partial charge on any atom is 0.224 e. The molecule has 1 fully saturated rings. The highest BCUT2D eigenvalue weighted by molar-refractivity contribution is 7.89. The molecule has 1 unspecified atom stereocenters. The van der Waals surface area contributed by atoms with Crippen LogP contribution in [0.5, 0.6) is 0 Å². The molecule has 1 saturated heterocycles. The number of nitrogens with zero attached hydrogens (tertiary/aromatic N) is 1. The SMILES string of the molecule is NS(=O)(=O)C1CC(=O)N(CCOCc2ccccc2)C1. The van der Waals surface area contributed by atoms with Crippen molar-refractivity contribution in [1.82, 2.24) is 4.90 Å². The summed E-state index contributed by atoms with van der Waals surface area (Å²) >= 11 is 0. The third kappa shape index (κ3) is 4.03. The van der Waals surface area contributed by atoms with E-state index in [1.165, 1.54) is 4.90 Å². The zero-order chi connectivity index (χ0) is 14.6. The van der Waals surface area contributed by atoms with Crippen LogP contribution in [0.15, 0.2) is 30.3 Å². The van der Waals surface area contributed by atoms with Gasteiger partial charge in [0, 0.05) is 19.5 Å². The fraction of sp³-hybridized carbons (Fsp3) is 0.462. The lowest BCUT2D eigenvalue weighted by Crippen LogP contribution is -2.33. The molecule has 1 aliphatic rings. The smallest absolute Gasteiger partial charge is 0.224 e. The number of sulfonamides is 1. The number of amides is 1. The summed E-state index contributed by atoms with van der Waals surface area (Å²) in [7, 11) is -3.65. The molecule has 0 aliphatic carbocycles. The van der Waals surface area contributed by atoms with Crippen molar-refractivity contribution in [2.45, 2.75) is 18.3 Å². The summed E-state index contributed by atoms with van der Waals surface area (Å²) in [4.78, 5) is 13.1. The van der Waals surface area contributed by atoms with Gasteiger partial charge >= 0.3 is 0 Å². The first-order chi connectivity index (χ1) is 9.47. The van der Waals surface area contributed by atoms with Gasteiger partial charge in [-0.1, -0.05) is 30.3 Å². The highest BCUT2D eigenvalue weighted by atomic mass is 32.2. The van der Waals surface area contributed by atoms with E-state index in [2.05, 4.69) is 0 Å². The van der Waals surface area contributed by atoms with Crippen molar-refractivity contribution in [2.75, 3.05) is 19.7 Å². The fourth-order valence-corrected chi connectivity index (χ4v) is 2.87. The van der Waals surface area contributed by atoms with Gasteiger partial charge in [0.25, 0.3) is 0 Å². The van der Waals surface area contributed by atoms with E-state index in [0.29, 0.717) is 19.8 Å². The van der Waals surface area contributed by atoms with Crippen LogP contribution < -0.4 is 5.14 Å². The number of likely N-dealkylation sites (tertiary alicyclic amines) is 1. The van der Waals surface area contributed by atoms with Crippen LogP contribution in [0, 0.1) is 0 Å². The predicted molar refractivity (Wildman–Crippen MR) is 74.2 cm³/mol. The minimum absolute atomic E-state index is 0.0302. The van der Waals surface area contributed by atoms with E-state index < -0.39 is 15.3 Å². The number of nitrogens with two attached hydrogens (primary N) is 1. The molecule has 1 aromatic carbocycles. The molecule has 6 nitrogen and oxygen atoms in total. The lowest BCUT2D eigenvalue weighted by molar-refractivity contribution is -0.128. The van der Waals surface area contributed by atoms with Crippen LogP contribution in [0.3, 0.4) is 0 Å². The molecule has 110 valence electrons. The van der Waals surface area contributed by atoms with Crippen molar-refractivity contribution in [3.63, 3.8) is 0 Å². The molecule has 0 spiro atoms. The van der Waals surface area contributed by atoms with Crippen LogP contribution >= 0.6 is 0 Å². The Morgan fingerprint density at radius 1 is 1.30 bits per heavy atom. The van der Waals surface area contributed by atoms with Gasteiger partial charge in [0.1, 0.15) is 5.25 Å². The minimum atomic E-state index is -3.65. The topological polar surface area (TPSA) is 89.7 Å². The molecule has 1 atom stereocenters. The fourth-order valence-electron chi connectivity index (χ4n) is 2.11. The van der Waals surface area contributed by atoms with Crippen molar-refractivity contribution >= 4 is 15.9 Å². The molecule has 2 rings (SSSR count). The molecule has 0 radical (unpaired) electrons. The summed E-state index contributed by atoms with van der Waals surface area (Å²) in [5, 5.41) is 4.27. The van der Waals surface area contributed by atoms with Crippen LogP contribution in [0.4, 0.5) is 0 Å². The Balaban J connectivity index is 1.74. The van der Waals surface area contributed by atoms with E-state index in [4.69, 9.17) is 9.88 Å². The van der Waals surface area contributed by atoms with E-state index >= 15 is 0 Å². The molecule has 1 aromatic rings. The summed E-state index contributed by atoms with van der Waals surface area (Å²) in [5.74, 6) is -0.188. The molecular formula is C13H18N2O4S. The molecule has 7 heteroatoms. The summed E-state index contributed by atoms with van der Waals surface area (Å²) in [6.07, 6.45) is -0.0302. The van der Waals surface area contributed by atoms with E-state index in [0.717, 1.165) is 5.56 Å². The molecule has 1 amide bonds. The van der Waals surface area contributed by atoms with Gasteiger partial charge in [-0.3, -0.25) is 4.79 Å². The number of carbonyl (C=O) groups excluding carboxylic acids is 1. The normalized spacial score (nSPS) is 19.6. The molecular weight excluding hydrogens is 280 g/mol. The Morgan fingerprint density at radius 3 is 2.60 bits per heavy atom. The summed E-state index contributed by atoms with van der Waals surface area (Å²) in [6, 6.07) is 9.70. The van der Waals surface area contributed by atoms with Crippen LogP contribution in [0.1, 0.15) is 12.0 Å². The Hall–Kier alpha value is -1.44. The third-order valence-corrected chi connectivity index (χ3v) is 4.51. The molecule has 2 N–H and O–H groups in total. The number of hydrogen-bond donors (Lipinski definition) is 1. The van der Waals surface area contributed by atoms with E-state index in [1.54, 1.807) is 0 Å². The quantitative estimate of drug-likeness (QED) is 0.754. The van der Waals surface area contributed by atoms with Gasteiger partial charge < -0.3 is 9.64 Å². The number of benzene rings is 1. The maximum absolute atomic E-state index is 11.6. The average molecular weight is 298 g/mol. The number of primary sulfonamides is 1. The number of rotatable bonds is 6. The number of ether oxygens (including phenoxy) is 1. The van der Waals surface area contributed by atoms with Crippen molar-refractivity contribution in [2.24, 2.45) is 5.14 Å². The molecule has 20 heavy (non-hydrogen) atoms. The van der Waals surface area contributed by atoms with Gasteiger partial charge in [0.15, 0.2) is 0 Å². The Morgan fingerprint density at radius 2 is 2.00 bits per heavy atom. The number of carbonyl (C=O) groups is 1. The monoisotopic (exact) mass is 298 g/mol. The van der Waals surface area contributed by atoms with Crippen molar-refractivity contribution in [3.05, 3.63) is 35.9 Å². The lowest BCUT2D eigenvalue weighted by Gasteiger charge is -2.16. The standard InChI is InChI=1S/C13H18N2O4S/c14-20(17,18)12-8-13(16)15(9-12)6-7-19-10-11-4-2-1-3-5-11/h1-5,12H,6-10H2,(H2,14,17,18). The maximum atomic E-state index is 11.6. The van der Waals surface area contributed by atoms with Crippen molar-refractivity contribution < 1.29 is 17.9 Å². The van der Waals surface area contributed by atoms with Gasteiger partial charge in [-0.15, -0.1) is 0 Å². The van der Waals surface area contributed by atoms with Gasteiger partial charge in [0.2, 0.25) is 15.9 Å². The summed E-state index contributed by atoms with van der Waals surface area (Å²) in [5.41, 5.74) is 1.06. The molecule has 1 aliphatic heterocycles. The van der Waals surface area contributed by atoms with Crippen molar-refractivity contribution in [1.29, 1.82) is 0 Å². The lowest BCUT2D eigenvalue weighted by atomic mass is 10.2. The van der Waals surface area contributed by atoms with Crippen molar-refractivity contribution in [3.8, 4) is 0 Å². The summed E-state index contributed by atoms with van der Waals surface area (Å²) < 4.78 is 27.9. The predicted octanol–water partition coefficient (Wildman–Crippen LogP) is 0.0926. The zero-order valence-electron chi connectivity index (χ0n) is 11.1. The van der Waals surface area contributed by atoms with Gasteiger partial charge in [0.05, 0.1) is 13.2 Å². The second kappa shape index (κ2) is 6.34. The molecule has 0 bridgehead atoms. The van der Waals surface area contributed by atoms with Gasteiger partial charge in [-0.05, 0) is 5.56 Å². The zero-order valence-corrected chi connectivity index (χ0v) is 11.9. The largest absolute Gasteiger partial charge is 0.375 e. The molecule has 1 heterocycles. The second-order valence-electron chi connectivity index (χ2n) is 4.79. The first-order valence-electron chi connectivity index (χ1n) is 6.38. The minimum Gasteiger partial charge on any atom is -0.375 e. The Labute approximate surface area is 118 Å². The van der Waals surface area contributed by atoms with Gasteiger partial charge in [-0.2, -0.15) is 0 Å². The first-order valence-corrected chi connectivity index (χ1v) is 7.99. The molecule has 0 saturated carbocycles. The second-order valence-corrected chi connectivity index (χ2v) is 6.64. The van der Waals surface area contributed by atoms with E-state index in [1.807, 2.05) is 30.3 Å². The Kier molecular flexibility index (Phi) is 4.74. The van der Waals surface area contributed by atoms with Gasteiger partial charge in [-0.25, -0.2) is 13.6 Å². The molecule has 0 aromatic heterocycles. The average Bonchev–Trinajstić information content (AvgIpc) is 2.77. The van der Waals surface area contributed by atoms with E-state index in [-0.39, 0.29) is 18.9 Å². The van der Waals surface area contributed by atoms with Crippen LogP contribution in [-0.2, 0) is 26.2 Å². The van der Waals surface area contributed by atoms with Crippen LogP contribution in [0.25, 0.3) is 0 Å². The van der Waals surface area contributed by atoms with Crippen LogP contribution in [0.2, 0.25) is 0 Å². The Bertz CT molecular complexity index is 559. The number of hydrogen-bond acceptors (Lipinski definition) is 4. The highest BCUT2D eigenvalue weighted by Gasteiger charge is 2.35. The first kappa shape index (κ1) is 15.0. The third-order valence-electron chi connectivity index (χ3n) is 3.26.